The van der Waals surface area contributed by atoms with Gasteiger partial charge in [0.25, 0.3) is 0 Å². The third-order valence-electron chi connectivity index (χ3n) is 1.61. The normalized spacial score (nSPS) is 35.2. The molecule has 0 heterocycles. The second-order valence-electron chi connectivity index (χ2n) is 2.25. The van der Waals surface area contributed by atoms with Crippen LogP contribution in [0.1, 0.15) is 0 Å². The first kappa shape index (κ1) is 8.32. The van der Waals surface area contributed by atoms with Crippen molar-refractivity contribution >= 4 is 11.6 Å². The predicted octanol–water partition coefficient (Wildman–Crippen LogP) is 1.83. The highest BCUT2D eigenvalue weighted by molar-refractivity contribution is 6.24. The maximum absolute atomic E-state index is 8.66. The molecule has 58 valence electrons. The summed E-state index contributed by atoms with van der Waals surface area (Å²) < 4.78 is 4.99. The Hall–Kier alpha value is -0.780. The highest BCUT2D eigenvalue weighted by atomic mass is 35.5. The minimum atomic E-state index is -0.969. The summed E-state index contributed by atoms with van der Waals surface area (Å²) in [5.74, 6) is -0.404. The van der Waals surface area contributed by atoms with Crippen LogP contribution in [-0.4, -0.2) is 12.2 Å². The highest BCUT2D eigenvalue weighted by Crippen LogP contribution is 2.31. The second kappa shape index (κ2) is 3.08. The first-order valence-electron chi connectivity index (χ1n) is 3.22. The zero-order valence-corrected chi connectivity index (χ0v) is 6.88. The van der Waals surface area contributed by atoms with E-state index in [1.54, 1.807) is 24.3 Å². The standard InChI is InChI=1S/C8H8ClNO/c1-11-8(9)5-3-2-4-7(8)6-10/h2-5,7H,1H3. The van der Waals surface area contributed by atoms with Crippen molar-refractivity contribution in [1.82, 2.24) is 0 Å². The van der Waals surface area contributed by atoms with Crippen molar-refractivity contribution in [3.63, 3.8) is 0 Å². The number of nitriles is 1. The topological polar surface area (TPSA) is 33.0 Å². The van der Waals surface area contributed by atoms with Gasteiger partial charge in [0.05, 0.1) is 6.07 Å². The Balaban J connectivity index is 2.88. The molecule has 1 aliphatic rings. The monoisotopic (exact) mass is 169 g/mol. The van der Waals surface area contributed by atoms with Crippen LogP contribution >= 0.6 is 11.6 Å². The van der Waals surface area contributed by atoms with Gasteiger partial charge < -0.3 is 4.74 Å². The molecule has 1 aliphatic carbocycles. The molecule has 1 rings (SSSR count). The van der Waals surface area contributed by atoms with Crippen LogP contribution in [0.5, 0.6) is 0 Å². The number of hydrogen-bond donors (Lipinski definition) is 0. The van der Waals surface area contributed by atoms with Crippen LogP contribution in [-0.2, 0) is 4.74 Å². The molecule has 0 saturated carbocycles. The summed E-state index contributed by atoms with van der Waals surface area (Å²) >= 11 is 5.94. The van der Waals surface area contributed by atoms with Crippen LogP contribution in [0.15, 0.2) is 24.3 Å². The van der Waals surface area contributed by atoms with Gasteiger partial charge in [0, 0.05) is 7.11 Å². The van der Waals surface area contributed by atoms with Crippen LogP contribution in [0.2, 0.25) is 0 Å². The molecule has 0 radical (unpaired) electrons. The van der Waals surface area contributed by atoms with E-state index in [1.807, 2.05) is 0 Å². The van der Waals surface area contributed by atoms with Crippen LogP contribution in [0.4, 0.5) is 0 Å². The number of allylic oxidation sites excluding steroid dienone is 2. The minimum Gasteiger partial charge on any atom is -0.358 e. The highest BCUT2D eigenvalue weighted by Gasteiger charge is 2.34. The van der Waals surface area contributed by atoms with E-state index in [0.29, 0.717) is 0 Å². The summed E-state index contributed by atoms with van der Waals surface area (Å²) in [4.78, 5) is 0. The molecule has 0 aliphatic heterocycles. The van der Waals surface area contributed by atoms with Crippen molar-refractivity contribution in [2.24, 2.45) is 5.92 Å². The van der Waals surface area contributed by atoms with Gasteiger partial charge in [-0.3, -0.25) is 0 Å². The quantitative estimate of drug-likeness (QED) is 0.561. The number of hydrogen-bond acceptors (Lipinski definition) is 2. The first-order valence-corrected chi connectivity index (χ1v) is 3.60. The summed E-state index contributed by atoms with van der Waals surface area (Å²) in [6.45, 7) is 0. The van der Waals surface area contributed by atoms with Crippen LogP contribution < -0.4 is 0 Å². The summed E-state index contributed by atoms with van der Waals surface area (Å²) in [6, 6.07) is 2.05. The van der Waals surface area contributed by atoms with E-state index in [1.165, 1.54) is 7.11 Å². The van der Waals surface area contributed by atoms with Gasteiger partial charge in [-0.15, -0.1) is 0 Å². The minimum absolute atomic E-state index is 0.404. The molecule has 0 amide bonds. The van der Waals surface area contributed by atoms with Gasteiger partial charge in [-0.25, -0.2) is 0 Å². The van der Waals surface area contributed by atoms with E-state index in [2.05, 4.69) is 6.07 Å². The van der Waals surface area contributed by atoms with Gasteiger partial charge in [-0.1, -0.05) is 29.8 Å². The number of halogens is 1. The SMILES string of the molecule is COC1(Cl)C=CC=CC1C#N. The first-order chi connectivity index (χ1) is 5.23. The van der Waals surface area contributed by atoms with Crippen molar-refractivity contribution in [3.8, 4) is 6.07 Å². The lowest BCUT2D eigenvalue weighted by molar-refractivity contribution is 0.0848. The number of ether oxygens (including phenoxy) is 1. The largest absolute Gasteiger partial charge is 0.358 e. The van der Waals surface area contributed by atoms with E-state index in [9.17, 15) is 0 Å². The molecule has 0 aromatic heterocycles. The zero-order valence-electron chi connectivity index (χ0n) is 6.12. The van der Waals surface area contributed by atoms with E-state index >= 15 is 0 Å². The molecule has 0 spiro atoms. The summed E-state index contributed by atoms with van der Waals surface area (Å²) in [7, 11) is 1.49. The van der Waals surface area contributed by atoms with E-state index in [-0.39, 0.29) is 0 Å². The zero-order chi connectivity index (χ0) is 8.32. The lowest BCUT2D eigenvalue weighted by atomic mass is 9.99. The molecule has 2 unspecified atom stereocenters. The van der Waals surface area contributed by atoms with Gasteiger partial charge in [-0.2, -0.15) is 5.26 Å². The molecule has 0 N–H and O–H groups in total. The molecule has 2 atom stereocenters. The lowest BCUT2D eigenvalue weighted by Gasteiger charge is -2.26. The third kappa shape index (κ3) is 1.45. The summed E-state index contributed by atoms with van der Waals surface area (Å²) in [5, 5.41) is 7.69. The fourth-order valence-electron chi connectivity index (χ4n) is 0.923. The van der Waals surface area contributed by atoms with E-state index in [0.717, 1.165) is 0 Å². The molecule has 3 heteroatoms. The molecule has 0 aromatic rings. The molecule has 0 saturated heterocycles. The molecule has 11 heavy (non-hydrogen) atoms. The average Bonchev–Trinajstić information content (AvgIpc) is 2.05. The Bertz CT molecular complexity index is 241. The number of methoxy groups -OCH3 is 1. The molecule has 0 aromatic carbocycles. The van der Waals surface area contributed by atoms with Gasteiger partial charge >= 0.3 is 0 Å². The maximum Gasteiger partial charge on any atom is 0.179 e. The van der Waals surface area contributed by atoms with Gasteiger partial charge in [0.2, 0.25) is 0 Å². The molecule has 0 bridgehead atoms. The Morgan fingerprint density at radius 1 is 1.64 bits per heavy atom. The van der Waals surface area contributed by atoms with Crippen molar-refractivity contribution in [2.75, 3.05) is 7.11 Å². The number of alkyl halides is 1. The predicted molar refractivity (Wildman–Crippen MR) is 43.0 cm³/mol. The van der Waals surface area contributed by atoms with E-state index < -0.39 is 11.0 Å². The Morgan fingerprint density at radius 2 is 2.36 bits per heavy atom. The summed E-state index contributed by atoms with van der Waals surface area (Å²) in [6.07, 6.45) is 6.94. The van der Waals surface area contributed by atoms with Gasteiger partial charge in [0.1, 0.15) is 5.92 Å². The van der Waals surface area contributed by atoms with Crippen LogP contribution in [0.3, 0.4) is 0 Å². The van der Waals surface area contributed by atoms with Crippen molar-refractivity contribution in [3.05, 3.63) is 24.3 Å². The summed E-state index contributed by atoms with van der Waals surface area (Å²) in [5.41, 5.74) is 0. The van der Waals surface area contributed by atoms with Crippen LogP contribution in [0.25, 0.3) is 0 Å². The molecule has 0 fully saturated rings. The molecule has 2 nitrogen and oxygen atoms in total. The lowest BCUT2D eigenvalue weighted by Crippen LogP contribution is -2.30. The van der Waals surface area contributed by atoms with E-state index in [4.69, 9.17) is 21.6 Å². The van der Waals surface area contributed by atoms with Crippen molar-refractivity contribution in [1.29, 1.82) is 5.26 Å². The molecular weight excluding hydrogens is 162 g/mol. The Kier molecular flexibility index (Phi) is 2.33. The Morgan fingerprint density at radius 3 is 2.82 bits per heavy atom. The second-order valence-corrected chi connectivity index (χ2v) is 2.84. The number of rotatable bonds is 1. The van der Waals surface area contributed by atoms with Crippen molar-refractivity contribution in [2.45, 2.75) is 5.06 Å². The molecular formula is C8H8ClNO. The smallest absolute Gasteiger partial charge is 0.179 e. The third-order valence-corrected chi connectivity index (χ3v) is 2.13. The maximum atomic E-state index is 8.66. The van der Waals surface area contributed by atoms with Crippen molar-refractivity contribution < 1.29 is 4.74 Å². The fourth-order valence-corrected chi connectivity index (χ4v) is 1.12. The number of nitrogens with zero attached hydrogens (tertiary/aromatic N) is 1. The van der Waals surface area contributed by atoms with Gasteiger partial charge in [0.15, 0.2) is 5.06 Å². The average molecular weight is 170 g/mol. The van der Waals surface area contributed by atoms with Crippen LogP contribution in [0, 0.1) is 17.2 Å². The fraction of sp³-hybridized carbons (Fsp3) is 0.375. The Labute approximate surface area is 70.7 Å². The van der Waals surface area contributed by atoms with Gasteiger partial charge in [-0.05, 0) is 6.08 Å².